The molecule has 0 spiro atoms. The Morgan fingerprint density at radius 1 is 1.19 bits per heavy atom. The number of para-hydroxylation sites is 2. The molecule has 2 aromatic carbocycles. The molecule has 1 aromatic heterocycles. The molecule has 0 amide bonds. The van der Waals surface area contributed by atoms with Crippen molar-refractivity contribution in [3.8, 4) is 5.75 Å². The van der Waals surface area contributed by atoms with Crippen molar-refractivity contribution < 1.29 is 9.15 Å². The van der Waals surface area contributed by atoms with Crippen LogP contribution in [0.2, 0.25) is 0 Å². The quantitative estimate of drug-likeness (QED) is 0.745. The maximum Gasteiger partial charge on any atom is 0.298 e. The van der Waals surface area contributed by atoms with Crippen LogP contribution in [-0.4, -0.2) is 19.1 Å². The summed E-state index contributed by atoms with van der Waals surface area (Å²) in [4.78, 5) is 6.39. The minimum Gasteiger partial charge on any atom is -0.496 e. The monoisotopic (exact) mass is 283 g/mol. The first-order chi connectivity index (χ1) is 10.2. The molecule has 5 heteroatoms. The number of methoxy groups -OCH3 is 1. The largest absolute Gasteiger partial charge is 0.496 e. The molecular formula is C16H17N3O2. The van der Waals surface area contributed by atoms with Gasteiger partial charge in [-0.1, -0.05) is 24.3 Å². The van der Waals surface area contributed by atoms with Crippen LogP contribution >= 0.6 is 0 Å². The number of nitrogen functional groups attached to an aromatic ring is 1. The van der Waals surface area contributed by atoms with Gasteiger partial charge in [-0.25, -0.2) is 0 Å². The summed E-state index contributed by atoms with van der Waals surface area (Å²) in [5.74, 6) is 0.847. The summed E-state index contributed by atoms with van der Waals surface area (Å²) in [6, 6.07) is 14.0. The summed E-state index contributed by atoms with van der Waals surface area (Å²) < 4.78 is 11.1. The topological polar surface area (TPSA) is 64.5 Å². The molecule has 0 aliphatic rings. The Morgan fingerprint density at radius 3 is 2.76 bits per heavy atom. The highest BCUT2D eigenvalue weighted by Gasteiger charge is 2.13. The molecule has 108 valence electrons. The van der Waals surface area contributed by atoms with Crippen molar-refractivity contribution in [2.24, 2.45) is 0 Å². The number of rotatable bonds is 4. The van der Waals surface area contributed by atoms with Gasteiger partial charge in [0.25, 0.3) is 6.01 Å². The van der Waals surface area contributed by atoms with Gasteiger partial charge in [0.15, 0.2) is 5.58 Å². The van der Waals surface area contributed by atoms with Crippen LogP contribution in [0.1, 0.15) is 5.56 Å². The lowest BCUT2D eigenvalue weighted by molar-refractivity contribution is 0.409. The Labute approximate surface area is 122 Å². The van der Waals surface area contributed by atoms with Crippen LogP contribution in [0.25, 0.3) is 11.1 Å². The van der Waals surface area contributed by atoms with Gasteiger partial charge in [-0.2, -0.15) is 4.98 Å². The molecular weight excluding hydrogens is 266 g/mol. The van der Waals surface area contributed by atoms with E-state index in [0.717, 1.165) is 11.3 Å². The van der Waals surface area contributed by atoms with E-state index >= 15 is 0 Å². The predicted molar refractivity (Wildman–Crippen MR) is 83.5 cm³/mol. The van der Waals surface area contributed by atoms with Crippen LogP contribution in [0.5, 0.6) is 5.75 Å². The molecule has 0 fully saturated rings. The van der Waals surface area contributed by atoms with E-state index in [1.54, 1.807) is 7.11 Å². The molecule has 0 saturated carbocycles. The van der Waals surface area contributed by atoms with Gasteiger partial charge in [-0.15, -0.1) is 0 Å². The normalized spacial score (nSPS) is 10.8. The van der Waals surface area contributed by atoms with Crippen molar-refractivity contribution in [2.45, 2.75) is 6.54 Å². The number of anilines is 2. The summed E-state index contributed by atoms with van der Waals surface area (Å²) in [5.41, 5.74) is 8.98. The highest BCUT2D eigenvalue weighted by atomic mass is 16.5. The fraction of sp³-hybridized carbons (Fsp3) is 0.188. The molecule has 3 rings (SSSR count). The number of ether oxygens (including phenoxy) is 1. The van der Waals surface area contributed by atoms with E-state index in [2.05, 4.69) is 4.98 Å². The molecule has 0 radical (unpaired) electrons. The van der Waals surface area contributed by atoms with Gasteiger partial charge < -0.3 is 19.8 Å². The molecule has 0 atom stereocenters. The van der Waals surface area contributed by atoms with Crippen molar-refractivity contribution >= 4 is 22.8 Å². The molecule has 1 heterocycles. The third-order valence-corrected chi connectivity index (χ3v) is 3.37. The molecule has 0 aliphatic heterocycles. The van der Waals surface area contributed by atoms with Gasteiger partial charge >= 0.3 is 0 Å². The molecule has 0 bridgehead atoms. The molecule has 0 aliphatic carbocycles. The molecule has 5 nitrogen and oxygen atoms in total. The Morgan fingerprint density at radius 2 is 2.00 bits per heavy atom. The van der Waals surface area contributed by atoms with Crippen molar-refractivity contribution in [2.75, 3.05) is 24.8 Å². The van der Waals surface area contributed by atoms with Crippen molar-refractivity contribution in [1.82, 2.24) is 4.98 Å². The number of hydrogen-bond acceptors (Lipinski definition) is 5. The van der Waals surface area contributed by atoms with Crippen LogP contribution in [0.3, 0.4) is 0 Å². The van der Waals surface area contributed by atoms with E-state index in [4.69, 9.17) is 14.9 Å². The Balaban J connectivity index is 1.90. The smallest absolute Gasteiger partial charge is 0.298 e. The summed E-state index contributed by atoms with van der Waals surface area (Å²) >= 11 is 0. The second-order valence-electron chi connectivity index (χ2n) is 4.86. The molecule has 0 unspecified atom stereocenters. The van der Waals surface area contributed by atoms with Crippen molar-refractivity contribution in [3.05, 3.63) is 48.0 Å². The number of nitrogens with two attached hydrogens (primary N) is 1. The van der Waals surface area contributed by atoms with Gasteiger partial charge in [0.2, 0.25) is 0 Å². The van der Waals surface area contributed by atoms with Crippen molar-refractivity contribution in [3.63, 3.8) is 0 Å². The van der Waals surface area contributed by atoms with Gasteiger partial charge in [0.05, 0.1) is 19.3 Å². The fourth-order valence-electron chi connectivity index (χ4n) is 2.28. The van der Waals surface area contributed by atoms with E-state index in [-0.39, 0.29) is 0 Å². The SMILES string of the molecule is COc1ccccc1CN(C)c1nc2c(N)cccc2o1. The molecule has 21 heavy (non-hydrogen) atoms. The van der Waals surface area contributed by atoms with Gasteiger partial charge in [-0.3, -0.25) is 0 Å². The minimum absolute atomic E-state index is 0.536. The second kappa shape index (κ2) is 5.36. The van der Waals surface area contributed by atoms with Crippen LogP contribution in [0.15, 0.2) is 46.9 Å². The van der Waals surface area contributed by atoms with Crippen LogP contribution < -0.4 is 15.4 Å². The fourth-order valence-corrected chi connectivity index (χ4v) is 2.28. The predicted octanol–water partition coefficient (Wildman–Crippen LogP) is 3.06. The van der Waals surface area contributed by atoms with Gasteiger partial charge in [-0.05, 0) is 18.2 Å². The molecule has 3 aromatic rings. The maximum atomic E-state index is 5.91. The first-order valence-electron chi connectivity index (χ1n) is 6.67. The zero-order chi connectivity index (χ0) is 14.8. The Kier molecular flexibility index (Phi) is 3.39. The third kappa shape index (κ3) is 2.50. The van der Waals surface area contributed by atoms with Gasteiger partial charge in [0.1, 0.15) is 11.3 Å². The third-order valence-electron chi connectivity index (χ3n) is 3.37. The lowest BCUT2D eigenvalue weighted by atomic mass is 10.2. The summed E-state index contributed by atoms with van der Waals surface area (Å²) in [7, 11) is 3.59. The standard InChI is InChI=1S/C16H17N3O2/c1-19(10-11-6-3-4-8-13(11)20-2)16-18-15-12(17)7-5-9-14(15)21-16/h3-9H,10,17H2,1-2H3. The first-order valence-corrected chi connectivity index (χ1v) is 6.67. The average molecular weight is 283 g/mol. The molecule has 0 saturated heterocycles. The highest BCUT2D eigenvalue weighted by Crippen LogP contribution is 2.27. The minimum atomic E-state index is 0.536. The van der Waals surface area contributed by atoms with E-state index in [1.807, 2.05) is 54.4 Å². The Bertz CT molecular complexity index is 767. The zero-order valence-corrected chi connectivity index (χ0v) is 12.0. The van der Waals surface area contributed by atoms with Gasteiger partial charge in [0, 0.05) is 12.6 Å². The average Bonchev–Trinajstić information content (AvgIpc) is 2.93. The lowest BCUT2D eigenvalue weighted by Crippen LogP contribution is -2.17. The number of nitrogens with zero attached hydrogens (tertiary/aromatic N) is 2. The van der Waals surface area contributed by atoms with E-state index in [9.17, 15) is 0 Å². The first kappa shape index (κ1) is 13.3. The van der Waals surface area contributed by atoms with Crippen LogP contribution in [0, 0.1) is 0 Å². The number of oxazole rings is 1. The Hall–Kier alpha value is -2.69. The van der Waals surface area contributed by atoms with E-state index in [1.165, 1.54) is 0 Å². The summed E-state index contributed by atoms with van der Waals surface area (Å²) in [6.07, 6.45) is 0. The maximum absolute atomic E-state index is 5.91. The number of fused-ring (bicyclic) bond motifs is 1. The van der Waals surface area contributed by atoms with Crippen LogP contribution in [-0.2, 0) is 6.54 Å². The number of aromatic nitrogens is 1. The molecule has 2 N–H and O–H groups in total. The summed E-state index contributed by atoms with van der Waals surface area (Å²) in [6.45, 7) is 0.636. The van der Waals surface area contributed by atoms with Crippen molar-refractivity contribution in [1.29, 1.82) is 0 Å². The second-order valence-corrected chi connectivity index (χ2v) is 4.86. The number of benzene rings is 2. The van der Waals surface area contributed by atoms with E-state index < -0.39 is 0 Å². The summed E-state index contributed by atoms with van der Waals surface area (Å²) in [5, 5.41) is 0. The zero-order valence-electron chi connectivity index (χ0n) is 12.0. The van der Waals surface area contributed by atoms with E-state index in [0.29, 0.717) is 29.3 Å². The highest BCUT2D eigenvalue weighted by molar-refractivity contribution is 5.86. The lowest BCUT2D eigenvalue weighted by Gasteiger charge is -2.16. The number of hydrogen-bond donors (Lipinski definition) is 1. The van der Waals surface area contributed by atoms with Crippen LogP contribution in [0.4, 0.5) is 11.7 Å².